The van der Waals surface area contributed by atoms with Crippen LogP contribution in [0.1, 0.15) is 11.6 Å². The van der Waals surface area contributed by atoms with Gasteiger partial charge in [-0.1, -0.05) is 12.1 Å². The van der Waals surface area contributed by atoms with Crippen LogP contribution in [-0.2, 0) is 0 Å². The molecule has 1 aliphatic rings. The van der Waals surface area contributed by atoms with E-state index in [1.54, 1.807) is 4.90 Å². The third-order valence-corrected chi connectivity index (χ3v) is 3.29. The Bertz CT molecular complexity index is 422. The van der Waals surface area contributed by atoms with Crippen molar-refractivity contribution in [2.45, 2.75) is 12.0 Å². The first-order valence-electron chi connectivity index (χ1n) is 6.23. The number of aliphatic hydroxyl groups is 1. The summed E-state index contributed by atoms with van der Waals surface area (Å²) in [5.41, 5.74) is 0.195. The van der Waals surface area contributed by atoms with Gasteiger partial charge in [0.2, 0.25) is 0 Å². The Morgan fingerprint density at radius 2 is 2.00 bits per heavy atom. The second kappa shape index (κ2) is 5.90. The molecule has 1 aliphatic heterocycles. The smallest absolute Gasteiger partial charge is 0.289 e. The highest BCUT2D eigenvalue weighted by molar-refractivity contribution is 5.23. The summed E-state index contributed by atoms with van der Waals surface area (Å²) in [6.45, 7) is 0.840. The molecule has 1 aromatic carbocycles. The fourth-order valence-corrected chi connectivity index (χ4v) is 2.43. The van der Waals surface area contributed by atoms with Crippen molar-refractivity contribution in [1.29, 1.82) is 0 Å². The number of nitrogens with one attached hydrogen (secondary N) is 1. The summed E-state index contributed by atoms with van der Waals surface area (Å²) in [4.78, 5) is 1.58. The molecule has 1 saturated heterocycles. The molecule has 6 heteroatoms. The van der Waals surface area contributed by atoms with Crippen LogP contribution in [0.4, 0.5) is 13.2 Å². The normalized spacial score (nSPS) is 19.4. The predicted molar refractivity (Wildman–Crippen MR) is 65.6 cm³/mol. The lowest BCUT2D eigenvalue weighted by Gasteiger charge is -2.38. The van der Waals surface area contributed by atoms with Crippen molar-refractivity contribution in [1.82, 2.24) is 10.2 Å². The predicted octanol–water partition coefficient (Wildman–Crippen LogP) is 1.40. The van der Waals surface area contributed by atoms with Crippen molar-refractivity contribution in [3.8, 4) is 0 Å². The quantitative estimate of drug-likeness (QED) is 0.871. The molecule has 0 saturated carbocycles. The molecule has 0 amide bonds. The largest absolute Gasteiger partial charge is 0.390 e. The molecule has 1 atom stereocenters. The highest BCUT2D eigenvalue weighted by atomic mass is 19.3. The molecule has 3 nitrogen and oxygen atoms in total. The van der Waals surface area contributed by atoms with Gasteiger partial charge in [0.05, 0.1) is 0 Å². The van der Waals surface area contributed by atoms with Gasteiger partial charge in [-0.05, 0) is 17.7 Å². The van der Waals surface area contributed by atoms with Gasteiger partial charge in [-0.25, -0.2) is 13.2 Å². The minimum absolute atomic E-state index is 0.195. The monoisotopic (exact) mass is 274 g/mol. The Hall–Kier alpha value is -1.11. The number of rotatable bonds is 4. The summed E-state index contributed by atoms with van der Waals surface area (Å²) in [5, 5.41) is 12.0. The van der Waals surface area contributed by atoms with Crippen LogP contribution < -0.4 is 5.32 Å². The van der Waals surface area contributed by atoms with Crippen molar-refractivity contribution in [3.05, 3.63) is 35.6 Å². The first kappa shape index (κ1) is 14.3. The maximum Gasteiger partial charge on any atom is 0.289 e. The van der Waals surface area contributed by atoms with Gasteiger partial charge < -0.3 is 10.4 Å². The molecule has 2 rings (SSSR count). The third-order valence-electron chi connectivity index (χ3n) is 3.29. The van der Waals surface area contributed by atoms with E-state index in [1.807, 2.05) is 0 Å². The van der Waals surface area contributed by atoms with Crippen molar-refractivity contribution >= 4 is 0 Å². The van der Waals surface area contributed by atoms with Gasteiger partial charge in [-0.15, -0.1) is 0 Å². The Morgan fingerprint density at radius 3 is 2.58 bits per heavy atom. The molecule has 0 aromatic heterocycles. The van der Waals surface area contributed by atoms with Crippen LogP contribution in [-0.4, -0.2) is 48.7 Å². The SMILES string of the molecule is OCC(F)(F)[C@@H](c1cccc(F)c1)N1CCNCC1. The van der Waals surface area contributed by atoms with Gasteiger partial charge in [0.1, 0.15) is 18.5 Å². The van der Waals surface area contributed by atoms with Crippen LogP contribution in [0.25, 0.3) is 0 Å². The van der Waals surface area contributed by atoms with E-state index in [4.69, 9.17) is 5.11 Å². The van der Waals surface area contributed by atoms with Gasteiger partial charge in [0.25, 0.3) is 5.92 Å². The lowest BCUT2D eigenvalue weighted by Crippen LogP contribution is -2.51. The van der Waals surface area contributed by atoms with Crippen molar-refractivity contribution < 1.29 is 18.3 Å². The van der Waals surface area contributed by atoms with Crippen LogP contribution in [0.15, 0.2) is 24.3 Å². The van der Waals surface area contributed by atoms with Crippen LogP contribution >= 0.6 is 0 Å². The summed E-state index contributed by atoms with van der Waals surface area (Å²) in [6.07, 6.45) is 0. The molecule has 1 fully saturated rings. The van der Waals surface area contributed by atoms with Crippen molar-refractivity contribution in [3.63, 3.8) is 0 Å². The molecule has 2 N–H and O–H groups in total. The second-order valence-corrected chi connectivity index (χ2v) is 4.66. The summed E-state index contributed by atoms with van der Waals surface area (Å²) < 4.78 is 41.2. The average molecular weight is 274 g/mol. The first-order valence-corrected chi connectivity index (χ1v) is 6.23. The van der Waals surface area contributed by atoms with Crippen LogP contribution in [0, 0.1) is 5.82 Å². The molecule has 0 bridgehead atoms. The first-order chi connectivity index (χ1) is 9.04. The van der Waals surface area contributed by atoms with E-state index >= 15 is 0 Å². The maximum absolute atomic E-state index is 14.0. The standard InChI is InChI=1S/C13H17F3N2O/c14-11-3-1-2-10(8-11)12(13(15,16)9-19)18-6-4-17-5-7-18/h1-3,8,12,17,19H,4-7,9H2/t12-/m1/s1. The van der Waals surface area contributed by atoms with Gasteiger partial charge in [-0.3, -0.25) is 4.90 Å². The molecular formula is C13H17F3N2O. The number of nitrogens with zero attached hydrogens (tertiary/aromatic N) is 1. The van der Waals surface area contributed by atoms with E-state index in [0.717, 1.165) is 6.07 Å². The van der Waals surface area contributed by atoms with E-state index in [2.05, 4.69) is 5.32 Å². The number of alkyl halides is 2. The molecule has 19 heavy (non-hydrogen) atoms. The number of aliphatic hydroxyl groups excluding tert-OH is 1. The zero-order valence-electron chi connectivity index (χ0n) is 10.5. The van der Waals surface area contributed by atoms with E-state index in [9.17, 15) is 13.2 Å². The van der Waals surface area contributed by atoms with Crippen LogP contribution in [0.5, 0.6) is 0 Å². The molecule has 0 aliphatic carbocycles. The summed E-state index contributed by atoms with van der Waals surface area (Å²) >= 11 is 0. The summed E-state index contributed by atoms with van der Waals surface area (Å²) in [7, 11) is 0. The fourth-order valence-electron chi connectivity index (χ4n) is 2.43. The number of piperazine rings is 1. The zero-order chi connectivity index (χ0) is 13.9. The maximum atomic E-state index is 14.0. The molecule has 1 heterocycles. The summed E-state index contributed by atoms with van der Waals surface area (Å²) in [5.74, 6) is -3.85. The minimum atomic E-state index is -3.30. The highest BCUT2D eigenvalue weighted by Crippen LogP contribution is 2.36. The van der Waals surface area contributed by atoms with E-state index in [1.165, 1.54) is 18.2 Å². The average Bonchev–Trinajstić information content (AvgIpc) is 2.40. The fraction of sp³-hybridized carbons (Fsp3) is 0.538. The number of hydrogen-bond donors (Lipinski definition) is 2. The van der Waals surface area contributed by atoms with Gasteiger partial charge >= 0.3 is 0 Å². The summed E-state index contributed by atoms with van der Waals surface area (Å²) in [6, 6.07) is 3.91. The van der Waals surface area contributed by atoms with Crippen LogP contribution in [0.2, 0.25) is 0 Å². The van der Waals surface area contributed by atoms with Gasteiger partial charge in [0.15, 0.2) is 0 Å². The lowest BCUT2D eigenvalue weighted by atomic mass is 9.98. The van der Waals surface area contributed by atoms with Crippen LogP contribution in [0.3, 0.4) is 0 Å². The molecular weight excluding hydrogens is 257 g/mol. The number of benzene rings is 1. The number of hydrogen-bond acceptors (Lipinski definition) is 3. The molecule has 0 radical (unpaired) electrons. The minimum Gasteiger partial charge on any atom is -0.390 e. The van der Waals surface area contributed by atoms with E-state index in [-0.39, 0.29) is 5.56 Å². The zero-order valence-corrected chi connectivity index (χ0v) is 10.5. The number of halogens is 3. The Balaban J connectivity index is 2.33. The van der Waals surface area contributed by atoms with Crippen molar-refractivity contribution in [2.75, 3.05) is 32.8 Å². The third kappa shape index (κ3) is 3.26. The van der Waals surface area contributed by atoms with Gasteiger partial charge in [0, 0.05) is 26.2 Å². The van der Waals surface area contributed by atoms with E-state index < -0.39 is 24.4 Å². The topological polar surface area (TPSA) is 35.5 Å². The molecule has 106 valence electrons. The Kier molecular flexibility index (Phi) is 4.44. The molecule has 1 aromatic rings. The molecule has 0 unspecified atom stereocenters. The van der Waals surface area contributed by atoms with Crippen molar-refractivity contribution in [2.24, 2.45) is 0 Å². The van der Waals surface area contributed by atoms with Gasteiger partial charge in [-0.2, -0.15) is 0 Å². The Labute approximate surface area is 110 Å². The highest BCUT2D eigenvalue weighted by Gasteiger charge is 2.44. The van der Waals surface area contributed by atoms with E-state index in [0.29, 0.717) is 26.2 Å². The Morgan fingerprint density at radius 1 is 1.32 bits per heavy atom. The molecule has 0 spiro atoms. The second-order valence-electron chi connectivity index (χ2n) is 4.66. The lowest BCUT2D eigenvalue weighted by molar-refractivity contribution is -0.118.